The van der Waals surface area contributed by atoms with Gasteiger partial charge in [-0.1, -0.05) is 70.4 Å². The van der Waals surface area contributed by atoms with Crippen LogP contribution in [0.2, 0.25) is 0 Å². The number of rotatable bonds is 23. The van der Waals surface area contributed by atoms with Gasteiger partial charge in [-0.25, -0.2) is 0 Å². The third kappa shape index (κ3) is 34.1. The lowest BCUT2D eigenvalue weighted by atomic mass is 10.1. The molecule has 0 amide bonds. The summed E-state index contributed by atoms with van der Waals surface area (Å²) >= 11 is 0. The van der Waals surface area contributed by atoms with Crippen molar-refractivity contribution >= 4 is 17.9 Å². The normalized spacial score (nSPS) is 10.9. The summed E-state index contributed by atoms with van der Waals surface area (Å²) in [5.41, 5.74) is 0. The fourth-order valence-electron chi connectivity index (χ4n) is 3.76. The Hall–Kier alpha value is -1.85. The summed E-state index contributed by atoms with van der Waals surface area (Å²) in [7, 11) is 0. The van der Waals surface area contributed by atoms with Gasteiger partial charge in [0.05, 0.1) is 18.8 Å². The number of carbonyl (C=O) groups is 3. The molecule has 6 heteroatoms. The van der Waals surface area contributed by atoms with Gasteiger partial charge in [0, 0.05) is 19.3 Å². The van der Waals surface area contributed by atoms with E-state index in [9.17, 15) is 14.4 Å². The number of ether oxygens (including phenoxy) is 3. The second kappa shape index (κ2) is 29.7. The first-order valence-corrected chi connectivity index (χ1v) is 15.4. The van der Waals surface area contributed by atoms with Gasteiger partial charge in [0.2, 0.25) is 0 Å². The molecule has 0 aliphatic heterocycles. The highest BCUT2D eigenvalue weighted by Crippen LogP contribution is 2.10. The van der Waals surface area contributed by atoms with Crippen LogP contribution in [0.4, 0.5) is 0 Å². The van der Waals surface area contributed by atoms with Crippen LogP contribution in [0.25, 0.3) is 0 Å². The molecule has 0 aromatic rings. The van der Waals surface area contributed by atoms with E-state index in [2.05, 4.69) is 19.1 Å². The Morgan fingerprint density at radius 1 is 0.526 bits per heavy atom. The zero-order valence-electron chi connectivity index (χ0n) is 25.7. The van der Waals surface area contributed by atoms with Gasteiger partial charge in [-0.2, -0.15) is 0 Å². The minimum Gasteiger partial charge on any atom is -0.466 e. The van der Waals surface area contributed by atoms with Gasteiger partial charge in [-0.05, 0) is 79.6 Å². The summed E-state index contributed by atoms with van der Waals surface area (Å²) in [6.07, 6.45) is 23.9. The quantitative estimate of drug-likeness (QED) is 0.0556. The van der Waals surface area contributed by atoms with Crippen LogP contribution in [0.1, 0.15) is 157 Å². The largest absolute Gasteiger partial charge is 0.466 e. The minimum atomic E-state index is -0.202. The highest BCUT2D eigenvalue weighted by atomic mass is 16.5. The standard InChI is InChI=1S/C20H38O2.C12H22O4/c1-3-5-6-7-8-9-10-11-12-13-14-15-16-17-18-19-20(21)22-4-2;1-9(2)15-11(13)7-5-6-8-12(14)16-10(3)4/h11-12H,3-10,13-19H2,1-2H3;9-10H,5-8H2,1-4H3/b12-11-;. The molecule has 0 unspecified atom stereocenters. The molecular weight excluding hydrogens is 480 g/mol. The fourth-order valence-corrected chi connectivity index (χ4v) is 3.76. The topological polar surface area (TPSA) is 78.9 Å². The van der Waals surface area contributed by atoms with E-state index in [0.29, 0.717) is 38.7 Å². The number of hydrogen-bond acceptors (Lipinski definition) is 6. The van der Waals surface area contributed by atoms with E-state index >= 15 is 0 Å². The van der Waals surface area contributed by atoms with Crippen LogP contribution in [0.3, 0.4) is 0 Å². The minimum absolute atomic E-state index is 0.0415. The highest BCUT2D eigenvalue weighted by molar-refractivity contribution is 5.70. The van der Waals surface area contributed by atoms with Crippen LogP contribution in [0, 0.1) is 0 Å². The highest BCUT2D eigenvalue weighted by Gasteiger charge is 2.08. The summed E-state index contributed by atoms with van der Waals surface area (Å²) in [4.78, 5) is 33.4. The molecule has 0 spiro atoms. The van der Waals surface area contributed by atoms with Crippen molar-refractivity contribution in [2.45, 2.75) is 169 Å². The summed E-state index contributed by atoms with van der Waals surface area (Å²) in [6.45, 7) is 11.9. The predicted molar refractivity (Wildman–Crippen MR) is 157 cm³/mol. The zero-order chi connectivity index (χ0) is 28.9. The van der Waals surface area contributed by atoms with Crippen LogP contribution in [-0.4, -0.2) is 36.7 Å². The number of hydrogen-bond donors (Lipinski definition) is 0. The molecule has 0 N–H and O–H groups in total. The third-order valence-corrected chi connectivity index (χ3v) is 5.69. The molecule has 0 radical (unpaired) electrons. The molecule has 6 nitrogen and oxygen atoms in total. The van der Waals surface area contributed by atoms with Crippen molar-refractivity contribution in [1.82, 2.24) is 0 Å². The maximum absolute atomic E-state index is 11.1. The number of allylic oxidation sites excluding steroid dienone is 2. The van der Waals surface area contributed by atoms with Crippen LogP contribution >= 0.6 is 0 Å². The third-order valence-electron chi connectivity index (χ3n) is 5.69. The summed E-state index contributed by atoms with van der Waals surface area (Å²) in [6, 6.07) is 0. The number of carbonyl (C=O) groups excluding carboxylic acids is 3. The molecule has 0 rings (SSSR count). The maximum atomic E-state index is 11.1. The smallest absolute Gasteiger partial charge is 0.306 e. The van der Waals surface area contributed by atoms with Gasteiger partial charge < -0.3 is 14.2 Å². The Morgan fingerprint density at radius 2 is 0.895 bits per heavy atom. The average Bonchev–Trinajstić information content (AvgIpc) is 2.84. The molecule has 0 saturated carbocycles. The molecule has 38 heavy (non-hydrogen) atoms. The molecule has 0 aliphatic rings. The van der Waals surface area contributed by atoms with Gasteiger partial charge in [0.1, 0.15) is 0 Å². The molecule has 0 bridgehead atoms. The Kier molecular flexibility index (Phi) is 29.9. The zero-order valence-corrected chi connectivity index (χ0v) is 25.7. The lowest BCUT2D eigenvalue weighted by Crippen LogP contribution is -2.12. The van der Waals surface area contributed by atoms with E-state index in [1.165, 1.54) is 70.6 Å². The number of esters is 3. The van der Waals surface area contributed by atoms with Gasteiger partial charge in [-0.15, -0.1) is 0 Å². The van der Waals surface area contributed by atoms with Gasteiger partial charge in [-0.3, -0.25) is 14.4 Å². The average molecular weight is 541 g/mol. The summed E-state index contributed by atoms with van der Waals surface area (Å²) < 4.78 is 14.8. The summed E-state index contributed by atoms with van der Waals surface area (Å²) in [5, 5.41) is 0. The van der Waals surface area contributed by atoms with E-state index in [-0.39, 0.29) is 30.1 Å². The summed E-state index contributed by atoms with van der Waals surface area (Å²) in [5.74, 6) is -0.445. The Morgan fingerprint density at radius 3 is 1.32 bits per heavy atom. The molecule has 0 saturated heterocycles. The van der Waals surface area contributed by atoms with E-state index in [1.807, 2.05) is 34.6 Å². The van der Waals surface area contributed by atoms with E-state index in [1.54, 1.807) is 0 Å². The Balaban J connectivity index is 0. The van der Waals surface area contributed by atoms with Crippen molar-refractivity contribution in [3.63, 3.8) is 0 Å². The molecule has 0 aromatic heterocycles. The van der Waals surface area contributed by atoms with Crippen LogP contribution in [0.5, 0.6) is 0 Å². The fraction of sp³-hybridized carbons (Fsp3) is 0.844. The first-order valence-electron chi connectivity index (χ1n) is 15.4. The van der Waals surface area contributed by atoms with E-state index in [4.69, 9.17) is 14.2 Å². The molecule has 0 atom stereocenters. The molecule has 0 aliphatic carbocycles. The van der Waals surface area contributed by atoms with Gasteiger partial charge in [0.15, 0.2) is 0 Å². The Labute approximate surface area is 234 Å². The Bertz CT molecular complexity index is 558. The lowest BCUT2D eigenvalue weighted by molar-refractivity contribution is -0.149. The second-order valence-electron chi connectivity index (χ2n) is 10.4. The van der Waals surface area contributed by atoms with Crippen molar-refractivity contribution in [1.29, 1.82) is 0 Å². The molecular formula is C32H60O6. The van der Waals surface area contributed by atoms with Crippen molar-refractivity contribution in [3.05, 3.63) is 12.2 Å². The van der Waals surface area contributed by atoms with Gasteiger partial charge in [0.25, 0.3) is 0 Å². The lowest BCUT2D eigenvalue weighted by Gasteiger charge is -2.08. The molecule has 0 fully saturated rings. The predicted octanol–water partition coefficient (Wildman–Crippen LogP) is 9.04. The van der Waals surface area contributed by atoms with Crippen molar-refractivity contribution < 1.29 is 28.6 Å². The molecule has 0 aromatic carbocycles. The van der Waals surface area contributed by atoms with Gasteiger partial charge >= 0.3 is 17.9 Å². The van der Waals surface area contributed by atoms with E-state index in [0.717, 1.165) is 12.8 Å². The van der Waals surface area contributed by atoms with Crippen molar-refractivity contribution in [3.8, 4) is 0 Å². The SMILES string of the molecule is CC(C)OC(=O)CCCCC(=O)OC(C)C.CCCCCCCC/C=C\CCCCCCCC(=O)OCC. The number of unbranched alkanes of at least 4 members (excludes halogenated alkanes) is 12. The van der Waals surface area contributed by atoms with Crippen LogP contribution in [0.15, 0.2) is 12.2 Å². The van der Waals surface area contributed by atoms with Crippen LogP contribution < -0.4 is 0 Å². The van der Waals surface area contributed by atoms with Crippen molar-refractivity contribution in [2.24, 2.45) is 0 Å². The second-order valence-corrected chi connectivity index (χ2v) is 10.4. The molecule has 224 valence electrons. The monoisotopic (exact) mass is 540 g/mol. The first-order chi connectivity index (χ1) is 18.2. The van der Waals surface area contributed by atoms with Crippen molar-refractivity contribution in [2.75, 3.05) is 6.61 Å². The van der Waals surface area contributed by atoms with Crippen LogP contribution in [-0.2, 0) is 28.6 Å². The molecule has 0 heterocycles. The maximum Gasteiger partial charge on any atom is 0.306 e. The van der Waals surface area contributed by atoms with E-state index < -0.39 is 0 Å². The first kappa shape index (κ1) is 38.3.